The number of hydrogen-bond donors (Lipinski definition) is 3. The van der Waals surface area contributed by atoms with Gasteiger partial charge in [0.1, 0.15) is 0 Å². The number of amides is 1. The molecular weight excluding hydrogens is 456 g/mol. The summed E-state index contributed by atoms with van der Waals surface area (Å²) in [7, 11) is 0. The number of aryl methyl sites for hydroxylation is 1. The van der Waals surface area contributed by atoms with E-state index in [0.29, 0.717) is 6.42 Å². The van der Waals surface area contributed by atoms with Crippen molar-refractivity contribution in [3.63, 3.8) is 0 Å². The minimum Gasteiger partial charge on any atom is -0.389 e. The predicted molar refractivity (Wildman–Crippen MR) is 166 cm³/mol. The van der Waals surface area contributed by atoms with E-state index in [0.717, 1.165) is 41.9 Å². The fourth-order valence-corrected chi connectivity index (χ4v) is 4.15. The van der Waals surface area contributed by atoms with E-state index in [9.17, 15) is 4.79 Å². The highest BCUT2D eigenvalue weighted by molar-refractivity contribution is 5.91. The Morgan fingerprint density at radius 1 is 1.27 bits per heavy atom. The smallest absolute Gasteiger partial charge is 0.225 e. The highest BCUT2D eigenvalue weighted by Gasteiger charge is 2.26. The Balaban J connectivity index is 0. The zero-order valence-corrected chi connectivity index (χ0v) is 24.7. The maximum Gasteiger partial charge on any atom is 0.225 e. The monoisotopic (exact) mass is 510 g/mol. The lowest BCUT2D eigenvalue weighted by molar-refractivity contribution is -0.117. The van der Waals surface area contributed by atoms with Crippen LogP contribution in [0.25, 0.3) is 0 Å². The highest BCUT2D eigenvalue weighted by Crippen LogP contribution is 2.34. The number of carbonyl (C=O) groups is 1. The molecule has 1 aromatic rings. The van der Waals surface area contributed by atoms with E-state index in [2.05, 4.69) is 92.5 Å². The van der Waals surface area contributed by atoms with Gasteiger partial charge in [-0.25, -0.2) is 0 Å². The molecule has 3 atom stereocenters. The van der Waals surface area contributed by atoms with Crippen molar-refractivity contribution >= 4 is 17.8 Å². The highest BCUT2D eigenvalue weighted by atomic mass is 16.1. The molecule has 0 heterocycles. The first-order valence-electron chi connectivity index (χ1n) is 13.7. The molecule has 1 aliphatic rings. The summed E-state index contributed by atoms with van der Waals surface area (Å²) in [4.78, 5) is 17.4. The number of nitrogens with zero attached hydrogens (tertiary/aromatic N) is 1. The zero-order chi connectivity index (χ0) is 28.0. The van der Waals surface area contributed by atoms with E-state index >= 15 is 0 Å². The Morgan fingerprint density at radius 3 is 2.54 bits per heavy atom. The van der Waals surface area contributed by atoms with Crippen molar-refractivity contribution in [2.24, 2.45) is 10.4 Å². The van der Waals surface area contributed by atoms with Crippen molar-refractivity contribution in [2.45, 2.75) is 93.7 Å². The molecule has 1 amide bonds. The van der Waals surface area contributed by atoms with Gasteiger partial charge in [-0.15, -0.1) is 0 Å². The lowest BCUT2D eigenvalue weighted by atomic mass is 9.78. The molecule has 2 rings (SSSR count). The van der Waals surface area contributed by atoms with Crippen molar-refractivity contribution in [1.29, 1.82) is 0 Å². The van der Waals surface area contributed by atoms with Crippen molar-refractivity contribution in [3.8, 4) is 0 Å². The normalized spacial score (nSPS) is 18.9. The summed E-state index contributed by atoms with van der Waals surface area (Å²) in [5.74, 6) is 0.0428. The maximum absolute atomic E-state index is 12.8. The summed E-state index contributed by atoms with van der Waals surface area (Å²) >= 11 is 0. The largest absolute Gasteiger partial charge is 0.389 e. The van der Waals surface area contributed by atoms with Crippen LogP contribution in [-0.4, -0.2) is 24.7 Å². The number of rotatable bonds is 12. The van der Waals surface area contributed by atoms with E-state index in [-0.39, 0.29) is 26.3 Å². The minimum absolute atomic E-state index is 0. The average molecular weight is 511 g/mol. The molecule has 0 radical (unpaired) electrons. The fourth-order valence-electron chi connectivity index (χ4n) is 4.15. The maximum atomic E-state index is 12.8. The number of nitrogens with one attached hydrogen (secondary N) is 3. The number of benzene rings is 1. The van der Waals surface area contributed by atoms with Crippen molar-refractivity contribution in [2.75, 3.05) is 11.9 Å². The third-order valence-electron chi connectivity index (χ3n) is 6.36. The molecule has 0 spiro atoms. The second-order valence-corrected chi connectivity index (χ2v) is 9.94. The summed E-state index contributed by atoms with van der Waals surface area (Å²) in [6.45, 7) is 23.5. The van der Waals surface area contributed by atoms with Gasteiger partial charge in [-0.05, 0) is 81.7 Å². The van der Waals surface area contributed by atoms with E-state index < -0.39 is 0 Å². The van der Waals surface area contributed by atoms with Gasteiger partial charge in [0.2, 0.25) is 5.91 Å². The van der Waals surface area contributed by atoms with Gasteiger partial charge in [0.15, 0.2) is 0 Å². The average Bonchev–Trinajstić information content (AvgIpc) is 2.86. The van der Waals surface area contributed by atoms with Gasteiger partial charge < -0.3 is 16.0 Å². The summed E-state index contributed by atoms with van der Waals surface area (Å²) < 4.78 is 0. The summed E-state index contributed by atoms with van der Waals surface area (Å²) in [6.07, 6.45) is 12.8. The third-order valence-corrected chi connectivity index (χ3v) is 6.36. The summed E-state index contributed by atoms with van der Waals surface area (Å²) in [5.41, 5.74) is 6.14. The van der Waals surface area contributed by atoms with E-state index in [1.165, 1.54) is 11.1 Å². The van der Waals surface area contributed by atoms with Gasteiger partial charge in [-0.1, -0.05) is 64.1 Å². The third kappa shape index (κ3) is 10.9. The van der Waals surface area contributed by atoms with Crippen LogP contribution in [0.1, 0.15) is 94.7 Å². The second-order valence-electron chi connectivity index (χ2n) is 9.94. The van der Waals surface area contributed by atoms with E-state index in [1.54, 1.807) is 0 Å². The first kappa shape index (κ1) is 32.1. The predicted octanol–water partition coefficient (Wildman–Crippen LogP) is 8.28. The standard InChI is InChI=1S/C30H44N4O.C2H6.2H2/c1-9-25-13-15-30(8,16-14-25)18-29(35)34-26-12-11-22(5)27(17-26)24(7)33-23(6)19-32-28(21(3)4)20-31-10-2;1-2;;/h11-15,17,19-20,23-24,31,33H,3,9-10,16,18H2,1-2,4-8H3,(H,34,35);1-2H3;2*1H/b28-20+,32-19?;;;/t23?,24-,30?;;;/m0.../s1. The molecule has 0 saturated heterocycles. The fraction of sp³-hybridized carbons (Fsp3) is 0.500. The first-order valence-corrected chi connectivity index (χ1v) is 13.7. The molecule has 5 heteroatoms. The number of carbonyl (C=O) groups excluding carboxylic acids is 1. The molecule has 0 aromatic heterocycles. The number of aliphatic imine (C=N–C) groups is 1. The van der Waals surface area contributed by atoms with Gasteiger partial charge in [0, 0.05) is 46.0 Å². The molecule has 0 fully saturated rings. The number of allylic oxidation sites excluding steroid dienone is 5. The topological polar surface area (TPSA) is 65.5 Å². The summed E-state index contributed by atoms with van der Waals surface area (Å²) in [5, 5.41) is 9.89. The van der Waals surface area contributed by atoms with Crippen LogP contribution in [0.15, 0.2) is 71.0 Å². The van der Waals surface area contributed by atoms with Crippen LogP contribution in [0.4, 0.5) is 5.69 Å². The van der Waals surface area contributed by atoms with Gasteiger partial charge in [-0.2, -0.15) is 0 Å². The van der Waals surface area contributed by atoms with E-state index in [4.69, 9.17) is 0 Å². The molecule has 1 aromatic carbocycles. The zero-order valence-electron chi connectivity index (χ0n) is 24.7. The van der Waals surface area contributed by atoms with Crippen LogP contribution in [0.3, 0.4) is 0 Å². The Morgan fingerprint density at radius 2 is 1.97 bits per heavy atom. The van der Waals surface area contributed by atoms with Crippen molar-refractivity contribution < 1.29 is 7.65 Å². The Bertz CT molecular complexity index is 1030. The SMILES string of the molecule is C=C(C)/C(=C\NCC)N=CC(C)N[C@@H](C)c1cc(NC(=O)CC2(C)C=CC(CC)=CC2)ccc1C.CC.[HH].[HH]. The van der Waals surface area contributed by atoms with E-state index in [1.807, 2.05) is 46.2 Å². The van der Waals surface area contributed by atoms with Gasteiger partial charge in [-0.3, -0.25) is 9.79 Å². The molecule has 2 unspecified atom stereocenters. The molecule has 0 bridgehead atoms. The molecule has 1 aliphatic carbocycles. The van der Waals surface area contributed by atoms with Crippen LogP contribution >= 0.6 is 0 Å². The Kier molecular flexibility index (Phi) is 13.9. The van der Waals surface area contributed by atoms with Crippen LogP contribution < -0.4 is 16.0 Å². The lowest BCUT2D eigenvalue weighted by Crippen LogP contribution is -2.30. The minimum atomic E-state index is -0.135. The van der Waals surface area contributed by atoms with Gasteiger partial charge >= 0.3 is 0 Å². The quantitative estimate of drug-likeness (QED) is 0.196. The van der Waals surface area contributed by atoms with Crippen LogP contribution in [0, 0.1) is 12.3 Å². The number of anilines is 1. The number of hydrogen-bond acceptors (Lipinski definition) is 4. The van der Waals surface area contributed by atoms with Crippen LogP contribution in [0.5, 0.6) is 0 Å². The van der Waals surface area contributed by atoms with Crippen LogP contribution in [0.2, 0.25) is 0 Å². The molecule has 3 N–H and O–H groups in total. The van der Waals surface area contributed by atoms with Gasteiger partial charge in [0.25, 0.3) is 0 Å². The van der Waals surface area contributed by atoms with Crippen molar-refractivity contribution in [3.05, 3.63) is 77.2 Å². The molecule has 0 saturated carbocycles. The Labute approximate surface area is 229 Å². The van der Waals surface area contributed by atoms with Gasteiger partial charge in [0.05, 0.1) is 5.70 Å². The molecule has 0 aliphatic heterocycles. The lowest BCUT2D eigenvalue weighted by Gasteiger charge is -2.27. The molecule has 37 heavy (non-hydrogen) atoms. The van der Waals surface area contributed by atoms with Crippen LogP contribution in [-0.2, 0) is 4.79 Å². The molecule has 5 nitrogen and oxygen atoms in total. The summed E-state index contributed by atoms with van der Waals surface area (Å²) in [6, 6.07) is 6.28. The Hall–Kier alpha value is -2.92. The molecule has 208 valence electrons. The van der Waals surface area contributed by atoms with Crippen molar-refractivity contribution in [1.82, 2.24) is 10.6 Å². The second kappa shape index (κ2) is 16.0. The molecular formula is C32H54N4O. The first-order chi connectivity index (χ1) is 17.6.